The first kappa shape index (κ1) is 14.2. The smallest absolute Gasteiger partial charge is 0.0122 e. The molecule has 0 spiro atoms. The molecule has 0 aliphatic rings. The van der Waals surface area contributed by atoms with Crippen LogP contribution in [0.5, 0.6) is 0 Å². The third-order valence-corrected chi connectivity index (χ3v) is 4.07. The molecule has 0 heterocycles. The topological polar surface area (TPSA) is 26.0 Å². The quantitative estimate of drug-likeness (QED) is 0.848. The Bertz CT molecular complexity index is 440. The fourth-order valence-electron chi connectivity index (χ4n) is 2.04. The van der Waals surface area contributed by atoms with Crippen LogP contribution >= 0.6 is 11.8 Å². The molecule has 0 bridgehead atoms. The minimum absolute atomic E-state index is 0.714. The van der Waals surface area contributed by atoms with Gasteiger partial charge in [-0.3, -0.25) is 0 Å². The SMILES string of the molecule is CCCc1ccc(Sc2ccc(CCN)cc2)cc1. The molecule has 0 fully saturated rings. The van der Waals surface area contributed by atoms with Crippen molar-refractivity contribution in [3.63, 3.8) is 0 Å². The molecule has 0 saturated heterocycles. The van der Waals surface area contributed by atoms with Crippen LogP contribution in [-0.2, 0) is 12.8 Å². The molecule has 0 saturated carbocycles. The fraction of sp³-hybridized carbons (Fsp3) is 0.294. The van der Waals surface area contributed by atoms with Crippen molar-refractivity contribution >= 4 is 11.8 Å². The molecule has 2 rings (SSSR count). The maximum absolute atomic E-state index is 5.56. The molecular weight excluding hydrogens is 250 g/mol. The average Bonchev–Trinajstić information content (AvgIpc) is 2.44. The van der Waals surface area contributed by atoms with Crippen molar-refractivity contribution in [2.45, 2.75) is 36.0 Å². The maximum atomic E-state index is 5.56. The van der Waals surface area contributed by atoms with Crippen LogP contribution in [-0.4, -0.2) is 6.54 Å². The first-order valence-electron chi connectivity index (χ1n) is 6.87. The summed E-state index contributed by atoms with van der Waals surface area (Å²) in [5, 5.41) is 0. The Hall–Kier alpha value is -1.25. The van der Waals surface area contributed by atoms with E-state index in [1.807, 2.05) is 11.8 Å². The van der Waals surface area contributed by atoms with E-state index in [9.17, 15) is 0 Å². The van der Waals surface area contributed by atoms with Crippen molar-refractivity contribution in [3.05, 3.63) is 59.7 Å². The van der Waals surface area contributed by atoms with Crippen molar-refractivity contribution in [2.75, 3.05) is 6.54 Å². The van der Waals surface area contributed by atoms with Gasteiger partial charge in [0.25, 0.3) is 0 Å². The van der Waals surface area contributed by atoms with E-state index in [0.717, 1.165) is 6.42 Å². The number of aryl methyl sites for hydroxylation is 1. The van der Waals surface area contributed by atoms with Gasteiger partial charge < -0.3 is 5.73 Å². The van der Waals surface area contributed by atoms with E-state index in [1.54, 1.807) is 0 Å². The molecule has 0 aliphatic carbocycles. The zero-order chi connectivity index (χ0) is 13.5. The lowest BCUT2D eigenvalue weighted by Crippen LogP contribution is -2.02. The standard InChI is InChI=1S/C17H21NS/c1-2-3-14-4-8-16(9-5-14)19-17-10-6-15(7-11-17)12-13-18/h4-11H,2-3,12-13,18H2,1H3. The normalized spacial score (nSPS) is 10.6. The van der Waals surface area contributed by atoms with E-state index in [0.29, 0.717) is 6.54 Å². The van der Waals surface area contributed by atoms with Crippen LogP contribution in [0.25, 0.3) is 0 Å². The van der Waals surface area contributed by atoms with E-state index in [4.69, 9.17) is 5.73 Å². The Morgan fingerprint density at radius 3 is 1.68 bits per heavy atom. The van der Waals surface area contributed by atoms with Crippen LogP contribution in [0.15, 0.2) is 58.3 Å². The molecule has 0 aliphatic heterocycles. The third kappa shape index (κ3) is 4.41. The van der Waals surface area contributed by atoms with Gasteiger partial charge in [-0.2, -0.15) is 0 Å². The summed E-state index contributed by atoms with van der Waals surface area (Å²) in [5.74, 6) is 0. The van der Waals surface area contributed by atoms with Crippen molar-refractivity contribution in [1.82, 2.24) is 0 Å². The van der Waals surface area contributed by atoms with Crippen LogP contribution in [0.4, 0.5) is 0 Å². The molecule has 0 radical (unpaired) electrons. The van der Waals surface area contributed by atoms with Gasteiger partial charge in [0.1, 0.15) is 0 Å². The Morgan fingerprint density at radius 2 is 1.26 bits per heavy atom. The molecule has 100 valence electrons. The minimum Gasteiger partial charge on any atom is -0.330 e. The summed E-state index contributed by atoms with van der Waals surface area (Å²) >= 11 is 1.81. The van der Waals surface area contributed by atoms with Gasteiger partial charge in [-0.15, -0.1) is 0 Å². The highest BCUT2D eigenvalue weighted by Gasteiger charge is 1.99. The highest BCUT2D eigenvalue weighted by atomic mass is 32.2. The Balaban J connectivity index is 1.99. The van der Waals surface area contributed by atoms with Gasteiger partial charge in [0.15, 0.2) is 0 Å². The summed E-state index contributed by atoms with van der Waals surface area (Å²) in [6, 6.07) is 17.6. The number of rotatable bonds is 6. The van der Waals surface area contributed by atoms with Crippen LogP contribution in [0.2, 0.25) is 0 Å². The van der Waals surface area contributed by atoms with Gasteiger partial charge >= 0.3 is 0 Å². The number of hydrogen-bond donors (Lipinski definition) is 1. The number of hydrogen-bond acceptors (Lipinski definition) is 2. The second-order valence-electron chi connectivity index (χ2n) is 4.68. The van der Waals surface area contributed by atoms with Crippen LogP contribution in [0, 0.1) is 0 Å². The van der Waals surface area contributed by atoms with Crippen molar-refractivity contribution in [3.8, 4) is 0 Å². The number of nitrogens with two attached hydrogens (primary N) is 1. The zero-order valence-corrected chi connectivity index (χ0v) is 12.2. The second kappa shape index (κ2) is 7.37. The highest BCUT2D eigenvalue weighted by Crippen LogP contribution is 2.28. The van der Waals surface area contributed by atoms with E-state index < -0.39 is 0 Å². The molecular formula is C17H21NS. The second-order valence-corrected chi connectivity index (χ2v) is 5.83. The lowest BCUT2D eigenvalue weighted by Gasteiger charge is -2.05. The Morgan fingerprint density at radius 1 is 0.789 bits per heavy atom. The first-order chi connectivity index (χ1) is 9.31. The van der Waals surface area contributed by atoms with Gasteiger partial charge in [-0.1, -0.05) is 49.4 Å². The van der Waals surface area contributed by atoms with E-state index in [-0.39, 0.29) is 0 Å². The minimum atomic E-state index is 0.714. The molecule has 0 atom stereocenters. The lowest BCUT2D eigenvalue weighted by atomic mass is 10.1. The van der Waals surface area contributed by atoms with Crippen LogP contribution in [0.1, 0.15) is 24.5 Å². The van der Waals surface area contributed by atoms with Gasteiger partial charge in [-0.25, -0.2) is 0 Å². The fourth-order valence-corrected chi connectivity index (χ4v) is 2.86. The van der Waals surface area contributed by atoms with Crippen molar-refractivity contribution in [1.29, 1.82) is 0 Å². The third-order valence-electron chi connectivity index (χ3n) is 3.05. The van der Waals surface area contributed by atoms with Crippen molar-refractivity contribution < 1.29 is 0 Å². The zero-order valence-electron chi connectivity index (χ0n) is 11.4. The molecule has 2 heteroatoms. The summed E-state index contributed by atoms with van der Waals surface area (Å²) < 4.78 is 0. The van der Waals surface area contributed by atoms with Crippen LogP contribution < -0.4 is 5.73 Å². The molecule has 0 amide bonds. The Labute approximate surface area is 120 Å². The largest absolute Gasteiger partial charge is 0.330 e. The van der Waals surface area contributed by atoms with Crippen LogP contribution in [0.3, 0.4) is 0 Å². The van der Waals surface area contributed by atoms with E-state index in [1.165, 1.54) is 33.8 Å². The van der Waals surface area contributed by atoms with Gasteiger partial charge in [0.05, 0.1) is 0 Å². The van der Waals surface area contributed by atoms with E-state index in [2.05, 4.69) is 55.5 Å². The Kier molecular flexibility index (Phi) is 5.49. The number of benzene rings is 2. The maximum Gasteiger partial charge on any atom is 0.0122 e. The molecule has 0 unspecified atom stereocenters. The molecule has 19 heavy (non-hydrogen) atoms. The predicted octanol–water partition coefficient (Wildman–Crippen LogP) is 4.29. The average molecular weight is 271 g/mol. The molecule has 0 aromatic heterocycles. The summed E-state index contributed by atoms with van der Waals surface area (Å²) in [6.07, 6.45) is 3.32. The summed E-state index contributed by atoms with van der Waals surface area (Å²) in [4.78, 5) is 2.58. The monoisotopic (exact) mass is 271 g/mol. The lowest BCUT2D eigenvalue weighted by molar-refractivity contribution is 0.920. The first-order valence-corrected chi connectivity index (χ1v) is 7.69. The highest BCUT2D eigenvalue weighted by molar-refractivity contribution is 7.99. The van der Waals surface area contributed by atoms with Gasteiger partial charge in [-0.05, 0) is 54.8 Å². The molecule has 2 aromatic rings. The summed E-state index contributed by atoms with van der Waals surface area (Å²) in [7, 11) is 0. The van der Waals surface area contributed by atoms with Crippen molar-refractivity contribution in [2.24, 2.45) is 5.73 Å². The van der Waals surface area contributed by atoms with Gasteiger partial charge in [0, 0.05) is 9.79 Å². The van der Waals surface area contributed by atoms with Gasteiger partial charge in [0.2, 0.25) is 0 Å². The summed E-state index contributed by atoms with van der Waals surface area (Å²) in [6.45, 7) is 2.93. The predicted molar refractivity (Wildman–Crippen MR) is 83.8 cm³/mol. The molecule has 2 N–H and O–H groups in total. The molecule has 2 aromatic carbocycles. The molecule has 1 nitrogen and oxygen atoms in total. The summed E-state index contributed by atoms with van der Waals surface area (Å²) in [5.41, 5.74) is 8.29. The van der Waals surface area contributed by atoms with E-state index >= 15 is 0 Å².